The average Bonchev–Trinajstić information content (AvgIpc) is 3.31. The third kappa shape index (κ3) is 13.6. The van der Waals surface area contributed by atoms with E-state index in [1.165, 1.54) is 4.57 Å². The molecule has 1 aromatic carbocycles. The number of carbonyl (C=O) groups is 7. The number of nitrogens with zero attached hydrogens (tertiary/aromatic N) is 4. The molecule has 3 aromatic rings. The number of allylic oxidation sites excluding steroid dienone is 2. The van der Waals surface area contributed by atoms with Gasteiger partial charge in [-0.25, -0.2) is 24.2 Å². The van der Waals surface area contributed by atoms with E-state index in [0.717, 1.165) is 52.5 Å². The van der Waals surface area contributed by atoms with E-state index in [1.54, 1.807) is 45.0 Å². The summed E-state index contributed by atoms with van der Waals surface area (Å²) in [4.78, 5) is 113. The van der Waals surface area contributed by atoms with Gasteiger partial charge in [-0.05, 0) is 106 Å². The van der Waals surface area contributed by atoms with Crippen molar-refractivity contribution in [1.82, 2.24) is 30.4 Å². The number of fused-ring (bicyclic) bond motifs is 6. The lowest BCUT2D eigenvalue weighted by molar-refractivity contribution is -0.191. The van der Waals surface area contributed by atoms with Gasteiger partial charge in [-0.15, -0.1) is 0 Å². The maximum atomic E-state index is 13.6. The van der Waals surface area contributed by atoms with Gasteiger partial charge in [0, 0.05) is 60.6 Å². The Morgan fingerprint density at radius 3 is 2.22 bits per heavy atom. The molecule has 8 rings (SSSR count). The van der Waals surface area contributed by atoms with Crippen LogP contribution in [0.2, 0.25) is 0 Å². The Labute approximate surface area is 475 Å². The molecule has 0 saturated heterocycles. The zero-order valence-electron chi connectivity index (χ0n) is 47.8. The first-order valence-corrected chi connectivity index (χ1v) is 27.4. The number of cyclic esters (lactones) is 2. The van der Waals surface area contributed by atoms with Crippen LogP contribution >= 0.6 is 0 Å². The van der Waals surface area contributed by atoms with Crippen LogP contribution in [-0.2, 0) is 93.7 Å². The van der Waals surface area contributed by atoms with Gasteiger partial charge in [-0.1, -0.05) is 46.8 Å². The van der Waals surface area contributed by atoms with Crippen molar-refractivity contribution in [1.29, 1.82) is 0 Å². The van der Waals surface area contributed by atoms with Crippen LogP contribution in [0.25, 0.3) is 16.6 Å². The number of esters is 4. The van der Waals surface area contributed by atoms with Crippen LogP contribution in [0.5, 0.6) is 5.75 Å². The number of unbranched alkanes of at least 4 members (excludes halogenated alkanes) is 2. The number of aliphatic imine (C=N–C) groups is 1. The third-order valence-corrected chi connectivity index (χ3v) is 14.5. The van der Waals surface area contributed by atoms with Crippen LogP contribution in [0.3, 0.4) is 0 Å². The Bertz CT molecular complexity index is 3140. The van der Waals surface area contributed by atoms with Crippen LogP contribution in [0, 0.1) is 0 Å². The van der Waals surface area contributed by atoms with Crippen molar-refractivity contribution in [2.75, 3.05) is 59.8 Å². The molecule has 0 bridgehead atoms. The minimum atomic E-state index is -1.86. The molecule has 82 heavy (non-hydrogen) atoms. The average molecular weight is 1140 g/mol. The number of aromatic nitrogens is 2. The highest BCUT2D eigenvalue weighted by Crippen LogP contribution is 2.46. The van der Waals surface area contributed by atoms with Crippen molar-refractivity contribution >= 4 is 64.8 Å². The molecule has 0 fully saturated rings. The van der Waals surface area contributed by atoms with Gasteiger partial charge in [0.1, 0.15) is 51.6 Å². The van der Waals surface area contributed by atoms with Crippen LogP contribution in [-0.4, -0.2) is 150 Å². The van der Waals surface area contributed by atoms with E-state index >= 15 is 0 Å². The number of carbonyl (C=O) groups excluding carboxylic acids is 7. The van der Waals surface area contributed by atoms with E-state index in [0.29, 0.717) is 80.1 Å². The number of amides is 2. The molecule has 2 amide bonds. The van der Waals surface area contributed by atoms with Crippen LogP contribution in [0.1, 0.15) is 114 Å². The maximum absolute atomic E-state index is 13.6. The number of aliphatic hydroxyl groups excluding tert-OH is 1. The Kier molecular flexibility index (Phi) is 21.8. The Hall–Kier alpha value is -7.86. The van der Waals surface area contributed by atoms with Gasteiger partial charge in [0.05, 0.1) is 47.0 Å². The summed E-state index contributed by atoms with van der Waals surface area (Å²) in [5, 5.41) is 26.9. The highest BCUT2D eigenvalue weighted by molar-refractivity contribution is 6.14. The second-order valence-corrected chi connectivity index (χ2v) is 20.4. The minimum Gasteiger partial charge on any atom is -0.508 e. The molecule has 0 aliphatic carbocycles. The first kappa shape index (κ1) is 63.3. The molecule has 5 aliphatic rings. The lowest BCUT2D eigenvalue weighted by atomic mass is 9.82. The van der Waals surface area contributed by atoms with Gasteiger partial charge < -0.3 is 68.8 Å². The molecule has 5 aliphatic heterocycles. The van der Waals surface area contributed by atoms with Gasteiger partial charge in [0.25, 0.3) is 5.56 Å². The predicted octanol–water partition coefficient (Wildman–Crippen LogP) is 3.79. The molecule has 23 heteroatoms. The maximum Gasteiger partial charge on any atom is 0.355 e. The van der Waals surface area contributed by atoms with Crippen LogP contribution < -0.4 is 21.5 Å². The van der Waals surface area contributed by atoms with E-state index in [4.69, 9.17) is 43.3 Å². The van der Waals surface area contributed by atoms with Crippen molar-refractivity contribution in [3.63, 3.8) is 0 Å². The Morgan fingerprint density at radius 2 is 1.54 bits per heavy atom. The monoisotopic (exact) mass is 1140 g/mol. The number of pyridine rings is 2. The molecule has 0 radical (unpaired) electrons. The van der Waals surface area contributed by atoms with Crippen molar-refractivity contribution in [2.45, 2.75) is 129 Å². The number of phenols is 1. The van der Waals surface area contributed by atoms with Crippen molar-refractivity contribution in [3.8, 4) is 5.75 Å². The first-order valence-electron chi connectivity index (χ1n) is 27.4. The minimum absolute atomic E-state index is 0.00835. The number of benzene rings is 1. The normalized spacial score (nSPS) is 19.2. The van der Waals surface area contributed by atoms with Crippen LogP contribution in [0.15, 0.2) is 75.7 Å². The number of rotatable bonds is 24. The second-order valence-electron chi connectivity index (χ2n) is 20.4. The molecule has 5 N–H and O–H groups in total. The third-order valence-electron chi connectivity index (χ3n) is 14.5. The molecule has 7 heterocycles. The number of aromatic hydroxyl groups is 1. The predicted molar refractivity (Wildman–Crippen MR) is 301 cm³/mol. The number of ether oxygens (including phenoxy) is 6. The molecular formula is C59H75N7O16. The lowest BCUT2D eigenvalue weighted by Crippen LogP contribution is -2.51. The summed E-state index contributed by atoms with van der Waals surface area (Å²) in [6.45, 7) is 21.1. The zero-order chi connectivity index (χ0) is 60.1. The van der Waals surface area contributed by atoms with E-state index in [1.807, 2.05) is 26.7 Å². The Balaban J connectivity index is 0.00000264. The number of nitrogens with one attached hydrogen (secondary N) is 3. The lowest BCUT2D eigenvalue weighted by Gasteiger charge is -2.40. The fraction of sp³-hybridized carbons (Fsp3) is 0.492. The zero-order valence-corrected chi connectivity index (χ0v) is 47.8. The topological polar surface area (TPSA) is 302 Å². The van der Waals surface area contributed by atoms with Gasteiger partial charge in [0.15, 0.2) is 0 Å². The fourth-order valence-corrected chi connectivity index (χ4v) is 10.8. The second kappa shape index (κ2) is 28.2. The van der Waals surface area contributed by atoms with Gasteiger partial charge in [-0.2, -0.15) is 0 Å². The molecule has 0 spiro atoms. The standard InChI is InChI=1S/C57H69N7O14.CH4O.CH2O/c1-9-37-38-21-36(65)16-17-43(38)62-51-39(37)26-63-25-35-27-75-54(71)56(10-2,41(35)22-45(51)63)77-49(68)31-74-29-47(66)61-44(52(69)60-33(6)7)15-13-12-14-18-58-19-20-73-30-48(67)78-57(11-3)42-23-46-50(59-32(4)5)34(8)24-64(46)53(70)40(42)28-76-55(57)72;2*1-2/h16-17,21-23,33,44,58,65H,4,8-15,18-20,24-31H2,1-3,5-7H3,(H,60,69)(H,61,66);2H,1H3;1H2/t44?,56-,57-;;/m0../s1. The smallest absolute Gasteiger partial charge is 0.355 e. The molecule has 23 nitrogen and oxygen atoms in total. The summed E-state index contributed by atoms with van der Waals surface area (Å²) in [7, 11) is 1.00. The van der Waals surface area contributed by atoms with E-state index < -0.39 is 66.8 Å². The molecule has 2 aromatic heterocycles. The van der Waals surface area contributed by atoms with Gasteiger partial charge in [-0.3, -0.25) is 19.4 Å². The molecule has 3 atom stereocenters. The van der Waals surface area contributed by atoms with E-state index in [9.17, 15) is 38.7 Å². The molecule has 442 valence electrons. The largest absolute Gasteiger partial charge is 0.508 e. The van der Waals surface area contributed by atoms with Gasteiger partial charge in [0.2, 0.25) is 23.0 Å². The Morgan fingerprint density at radius 1 is 0.854 bits per heavy atom. The summed E-state index contributed by atoms with van der Waals surface area (Å²) in [5.41, 5.74) is 4.22. The highest BCUT2D eigenvalue weighted by atomic mass is 16.6. The summed E-state index contributed by atoms with van der Waals surface area (Å²) in [6, 6.07) is 5.69. The van der Waals surface area contributed by atoms with Crippen molar-refractivity contribution in [2.24, 2.45) is 4.99 Å². The van der Waals surface area contributed by atoms with E-state index in [2.05, 4.69) is 45.9 Å². The fourth-order valence-electron chi connectivity index (χ4n) is 10.8. The summed E-state index contributed by atoms with van der Waals surface area (Å²) in [5.74, 6) is -4.01. The summed E-state index contributed by atoms with van der Waals surface area (Å²) < 4.78 is 35.3. The first-order chi connectivity index (χ1) is 39.3. The SMILES string of the molecule is C=C(C)N=C1C(=C)Cn2c1cc1c(c2=O)COC(=O)[C@@]1(CC)OC(=O)COCCNCCCCCC(NC(=O)COCC(=O)O[C@]1(CC)C(=O)OCC2=C1C=C1c3nc4ccc(O)cc4c(CC)c3CN1C2)C(=O)NC(C)C.C=O.CO. The summed E-state index contributed by atoms with van der Waals surface area (Å²) >= 11 is 0. The molecular weight excluding hydrogens is 1060 g/mol. The van der Waals surface area contributed by atoms with Gasteiger partial charge >= 0.3 is 23.9 Å². The number of hydrogen-bond acceptors (Lipinski definition) is 20. The number of hydrogen-bond donors (Lipinski definition) is 5. The number of aliphatic hydroxyl groups is 1. The summed E-state index contributed by atoms with van der Waals surface area (Å²) in [6.07, 6.45) is 5.02. The number of phenolic OH excluding ortho intramolecular Hbond substituents is 1. The highest BCUT2D eigenvalue weighted by Gasteiger charge is 2.53. The molecule has 1 unspecified atom stereocenters. The van der Waals surface area contributed by atoms with Crippen molar-refractivity contribution < 1.29 is 72.2 Å². The quantitative estimate of drug-likeness (QED) is 0.0484. The molecule has 0 saturated carbocycles. The van der Waals surface area contributed by atoms with E-state index in [-0.39, 0.29) is 73.6 Å². The van der Waals surface area contributed by atoms with Crippen molar-refractivity contribution in [3.05, 3.63) is 110 Å². The van der Waals surface area contributed by atoms with Crippen LogP contribution in [0.4, 0.5) is 0 Å². The number of aryl methyl sites for hydroxylation is 1.